The van der Waals surface area contributed by atoms with Crippen LogP contribution in [0.25, 0.3) is 10.9 Å². The van der Waals surface area contributed by atoms with E-state index in [1.54, 1.807) is 56.7 Å². The molecule has 0 spiro atoms. The van der Waals surface area contributed by atoms with Gasteiger partial charge in [-0.1, -0.05) is 46.3 Å². The van der Waals surface area contributed by atoms with Crippen molar-refractivity contribution in [2.24, 2.45) is 0 Å². The quantitative estimate of drug-likeness (QED) is 0.215. The maximum absolute atomic E-state index is 13.4. The van der Waals surface area contributed by atoms with Gasteiger partial charge in [0.2, 0.25) is 0 Å². The van der Waals surface area contributed by atoms with Crippen LogP contribution in [-0.4, -0.2) is 45.3 Å². The summed E-state index contributed by atoms with van der Waals surface area (Å²) in [6.45, 7) is 0.335. The van der Waals surface area contributed by atoms with E-state index in [9.17, 15) is 19.7 Å². The standard InChI is InChI=1S/C24H20BrN5O4/c1-28(2)24(32)29-14-17(22-18(25)4-3-5-20(22)29)23(31)16-8-6-15(7-9-16)12-27-19-10-11-26-13-21(19)30(33)34/h3-11,13-14H,12H2,1-2H3,(H,26,27). The number of benzene rings is 2. The molecule has 1 amide bonds. The lowest BCUT2D eigenvalue weighted by Gasteiger charge is -2.11. The number of anilines is 1. The smallest absolute Gasteiger partial charge is 0.328 e. The van der Waals surface area contributed by atoms with Gasteiger partial charge in [-0.2, -0.15) is 0 Å². The van der Waals surface area contributed by atoms with Gasteiger partial charge in [-0.25, -0.2) is 4.79 Å². The molecule has 10 heteroatoms. The second-order valence-corrected chi connectivity index (χ2v) is 8.61. The van der Waals surface area contributed by atoms with Crippen molar-refractivity contribution in [1.29, 1.82) is 0 Å². The number of nitrogens with zero attached hydrogens (tertiary/aromatic N) is 4. The van der Waals surface area contributed by atoms with Crippen molar-refractivity contribution in [3.8, 4) is 0 Å². The first-order valence-corrected chi connectivity index (χ1v) is 11.0. The third kappa shape index (κ3) is 4.40. The fraction of sp³-hybridized carbons (Fsp3) is 0.125. The number of aromatic nitrogens is 2. The highest BCUT2D eigenvalue weighted by atomic mass is 79.9. The molecule has 0 unspecified atom stereocenters. The molecular formula is C24H20BrN5O4. The number of fused-ring (bicyclic) bond motifs is 1. The summed E-state index contributed by atoms with van der Waals surface area (Å²) in [6.07, 6.45) is 4.24. The second-order valence-electron chi connectivity index (χ2n) is 7.75. The molecular weight excluding hydrogens is 502 g/mol. The first-order chi connectivity index (χ1) is 16.3. The van der Waals surface area contributed by atoms with Crippen molar-refractivity contribution in [2.45, 2.75) is 6.54 Å². The van der Waals surface area contributed by atoms with E-state index in [1.807, 2.05) is 12.1 Å². The first kappa shape index (κ1) is 23.1. The largest absolute Gasteiger partial charge is 0.375 e. The zero-order chi connectivity index (χ0) is 24.4. The summed E-state index contributed by atoms with van der Waals surface area (Å²) in [4.78, 5) is 41.9. The number of amides is 1. The SMILES string of the molecule is CN(C)C(=O)n1cc(C(=O)c2ccc(CNc3ccncc3[N+](=O)[O-])cc2)c2c(Br)cccc21. The lowest BCUT2D eigenvalue weighted by atomic mass is 10.0. The Bertz CT molecular complexity index is 1410. The Morgan fingerprint density at radius 3 is 2.56 bits per heavy atom. The summed E-state index contributed by atoms with van der Waals surface area (Å²) in [5.74, 6) is -0.216. The minimum Gasteiger partial charge on any atom is -0.375 e. The number of nitrogens with one attached hydrogen (secondary N) is 1. The summed E-state index contributed by atoms with van der Waals surface area (Å²) in [5.41, 5.74) is 2.61. The molecule has 4 aromatic rings. The Labute approximate surface area is 203 Å². The number of carbonyl (C=O) groups is 2. The first-order valence-electron chi connectivity index (χ1n) is 10.2. The van der Waals surface area contributed by atoms with E-state index in [0.717, 1.165) is 10.0 Å². The van der Waals surface area contributed by atoms with Crippen LogP contribution in [0.15, 0.2) is 71.6 Å². The summed E-state index contributed by atoms with van der Waals surface area (Å²) in [6, 6.07) is 13.7. The molecule has 0 saturated heterocycles. The Balaban J connectivity index is 1.60. The number of ketones is 1. The van der Waals surface area contributed by atoms with E-state index in [0.29, 0.717) is 34.3 Å². The van der Waals surface area contributed by atoms with Gasteiger partial charge in [-0.3, -0.25) is 24.5 Å². The maximum Gasteiger partial charge on any atom is 0.328 e. The second kappa shape index (κ2) is 9.44. The Morgan fingerprint density at radius 1 is 1.15 bits per heavy atom. The number of pyridine rings is 1. The Morgan fingerprint density at radius 2 is 1.88 bits per heavy atom. The molecule has 9 nitrogen and oxygen atoms in total. The van der Waals surface area contributed by atoms with E-state index in [4.69, 9.17) is 0 Å². The Kier molecular flexibility index (Phi) is 6.42. The van der Waals surface area contributed by atoms with Crippen LogP contribution >= 0.6 is 15.9 Å². The summed E-state index contributed by atoms with van der Waals surface area (Å²) >= 11 is 3.51. The lowest BCUT2D eigenvalue weighted by molar-refractivity contribution is -0.384. The molecule has 0 aliphatic rings. The molecule has 0 aliphatic carbocycles. The number of carbonyl (C=O) groups excluding carboxylic acids is 2. The fourth-order valence-corrected chi connectivity index (χ4v) is 4.17. The van der Waals surface area contributed by atoms with Crippen molar-refractivity contribution in [2.75, 3.05) is 19.4 Å². The number of nitro groups is 1. The van der Waals surface area contributed by atoms with Crippen LogP contribution in [0.4, 0.5) is 16.2 Å². The lowest BCUT2D eigenvalue weighted by Crippen LogP contribution is -2.26. The molecule has 0 atom stereocenters. The van der Waals surface area contributed by atoms with Gasteiger partial charge in [0.1, 0.15) is 11.9 Å². The van der Waals surface area contributed by atoms with Gasteiger partial charge in [-0.05, 0) is 23.8 Å². The Hall–Kier alpha value is -4.05. The van der Waals surface area contributed by atoms with Crippen molar-refractivity contribution < 1.29 is 14.5 Å². The van der Waals surface area contributed by atoms with Crippen molar-refractivity contribution in [1.82, 2.24) is 14.5 Å². The van der Waals surface area contributed by atoms with Crippen LogP contribution in [0.5, 0.6) is 0 Å². The predicted octanol–water partition coefficient (Wildman–Crippen LogP) is 5.08. The minimum absolute atomic E-state index is 0.108. The van der Waals surface area contributed by atoms with E-state index < -0.39 is 4.92 Å². The molecule has 1 N–H and O–H groups in total. The molecule has 172 valence electrons. The predicted molar refractivity (Wildman–Crippen MR) is 132 cm³/mol. The zero-order valence-corrected chi connectivity index (χ0v) is 19.9. The fourth-order valence-electron chi connectivity index (χ4n) is 3.60. The molecule has 0 fully saturated rings. The highest BCUT2D eigenvalue weighted by molar-refractivity contribution is 9.10. The monoisotopic (exact) mass is 521 g/mol. The van der Waals surface area contributed by atoms with Gasteiger partial charge >= 0.3 is 11.7 Å². The van der Waals surface area contributed by atoms with Gasteiger partial charge in [0.25, 0.3) is 0 Å². The molecule has 0 aliphatic heterocycles. The third-order valence-electron chi connectivity index (χ3n) is 5.31. The molecule has 0 radical (unpaired) electrons. The minimum atomic E-state index is -0.493. The topological polar surface area (TPSA) is 110 Å². The summed E-state index contributed by atoms with van der Waals surface area (Å²) in [7, 11) is 3.31. The van der Waals surface area contributed by atoms with Crippen LogP contribution in [0.1, 0.15) is 21.5 Å². The number of halogens is 1. The average Bonchev–Trinajstić information content (AvgIpc) is 3.23. The number of hydrogen-bond acceptors (Lipinski definition) is 6. The summed E-state index contributed by atoms with van der Waals surface area (Å²) < 4.78 is 2.19. The molecule has 34 heavy (non-hydrogen) atoms. The van der Waals surface area contributed by atoms with E-state index in [-0.39, 0.29) is 17.5 Å². The highest BCUT2D eigenvalue weighted by Crippen LogP contribution is 2.31. The van der Waals surface area contributed by atoms with Crippen LogP contribution < -0.4 is 5.32 Å². The van der Waals surface area contributed by atoms with Crippen molar-refractivity contribution in [3.63, 3.8) is 0 Å². The zero-order valence-electron chi connectivity index (χ0n) is 18.4. The van der Waals surface area contributed by atoms with Gasteiger partial charge < -0.3 is 10.2 Å². The normalized spacial score (nSPS) is 10.8. The van der Waals surface area contributed by atoms with Crippen LogP contribution in [0.3, 0.4) is 0 Å². The van der Waals surface area contributed by atoms with Gasteiger partial charge in [0.05, 0.1) is 10.4 Å². The van der Waals surface area contributed by atoms with E-state index >= 15 is 0 Å². The number of rotatable bonds is 6. The molecule has 2 heterocycles. The molecule has 2 aromatic heterocycles. The summed E-state index contributed by atoms with van der Waals surface area (Å²) in [5, 5.41) is 14.8. The van der Waals surface area contributed by atoms with Gasteiger partial charge in [-0.15, -0.1) is 0 Å². The molecule has 4 rings (SSSR count). The average molecular weight is 522 g/mol. The van der Waals surface area contributed by atoms with E-state index in [2.05, 4.69) is 26.2 Å². The van der Waals surface area contributed by atoms with Crippen LogP contribution in [0, 0.1) is 10.1 Å². The molecule has 0 bridgehead atoms. The molecule has 2 aromatic carbocycles. The van der Waals surface area contributed by atoms with Gasteiger partial charge in [0.15, 0.2) is 5.78 Å². The highest BCUT2D eigenvalue weighted by Gasteiger charge is 2.22. The third-order valence-corrected chi connectivity index (χ3v) is 5.97. The molecule has 0 saturated carbocycles. The number of hydrogen-bond donors (Lipinski definition) is 1. The van der Waals surface area contributed by atoms with Crippen LogP contribution in [0.2, 0.25) is 0 Å². The van der Waals surface area contributed by atoms with Crippen molar-refractivity contribution >= 4 is 50.0 Å². The maximum atomic E-state index is 13.4. The van der Waals surface area contributed by atoms with E-state index in [1.165, 1.54) is 21.9 Å². The van der Waals surface area contributed by atoms with Gasteiger partial charge in [0, 0.05) is 54.0 Å². The van der Waals surface area contributed by atoms with Crippen molar-refractivity contribution in [3.05, 3.63) is 98.4 Å². The van der Waals surface area contributed by atoms with Crippen LogP contribution in [-0.2, 0) is 6.54 Å².